The molecule has 1 rings (SSSR count). The molecule has 0 fully saturated rings. The van der Waals surface area contributed by atoms with Crippen LogP contribution in [0.5, 0.6) is 0 Å². The fourth-order valence-electron chi connectivity index (χ4n) is 1.42. The van der Waals surface area contributed by atoms with Crippen LogP contribution >= 0.6 is 15.9 Å². The van der Waals surface area contributed by atoms with Crippen LogP contribution in [-0.4, -0.2) is 4.98 Å². The minimum absolute atomic E-state index is 0.0853. The summed E-state index contributed by atoms with van der Waals surface area (Å²) >= 11 is 3.25. The summed E-state index contributed by atoms with van der Waals surface area (Å²) in [6.45, 7) is 8.02. The molecule has 0 saturated carbocycles. The molecule has 72 valence electrons. The fraction of sp³-hybridized carbons (Fsp3) is 0.500. The van der Waals surface area contributed by atoms with Crippen LogP contribution in [0, 0.1) is 12.7 Å². The smallest absolute Gasteiger partial charge is 0.155 e. The summed E-state index contributed by atoms with van der Waals surface area (Å²) in [6.07, 6.45) is 1.24. The van der Waals surface area contributed by atoms with E-state index in [2.05, 4.69) is 20.9 Å². The number of rotatable bonds is 0. The number of pyridine rings is 1. The Hall–Kier alpha value is -0.440. The van der Waals surface area contributed by atoms with Gasteiger partial charge in [-0.25, -0.2) is 4.39 Å². The van der Waals surface area contributed by atoms with E-state index in [0.717, 1.165) is 11.3 Å². The van der Waals surface area contributed by atoms with Gasteiger partial charge in [0, 0.05) is 5.69 Å². The number of aryl methyl sites for hydroxylation is 1. The molecule has 0 aliphatic carbocycles. The average Bonchev–Trinajstić information content (AvgIpc) is 1.95. The molecule has 0 aliphatic rings. The van der Waals surface area contributed by atoms with Gasteiger partial charge in [0.15, 0.2) is 5.82 Å². The van der Waals surface area contributed by atoms with Gasteiger partial charge in [-0.05, 0) is 33.8 Å². The third-order valence-electron chi connectivity index (χ3n) is 1.91. The highest BCUT2D eigenvalue weighted by molar-refractivity contribution is 9.10. The molecule has 3 heteroatoms. The molecule has 0 unspecified atom stereocenters. The molecule has 0 N–H and O–H groups in total. The first-order valence-electron chi connectivity index (χ1n) is 4.15. The van der Waals surface area contributed by atoms with Crippen LogP contribution in [-0.2, 0) is 5.41 Å². The predicted octanol–water partition coefficient (Wildman–Crippen LogP) is 3.59. The Kier molecular flexibility index (Phi) is 2.76. The van der Waals surface area contributed by atoms with Crippen LogP contribution in [0.2, 0.25) is 0 Å². The molecule has 0 atom stereocenters. The fourth-order valence-corrected chi connectivity index (χ4v) is 2.41. The summed E-state index contributed by atoms with van der Waals surface area (Å²) in [7, 11) is 0. The maximum absolute atomic E-state index is 13.2. The highest BCUT2D eigenvalue weighted by Crippen LogP contribution is 2.32. The van der Waals surface area contributed by atoms with Gasteiger partial charge in [-0.2, -0.15) is 0 Å². The van der Waals surface area contributed by atoms with E-state index in [4.69, 9.17) is 0 Å². The maximum atomic E-state index is 13.2. The van der Waals surface area contributed by atoms with Crippen LogP contribution in [0.15, 0.2) is 10.7 Å². The van der Waals surface area contributed by atoms with Crippen molar-refractivity contribution in [2.45, 2.75) is 33.1 Å². The second kappa shape index (κ2) is 3.37. The number of hydrogen-bond acceptors (Lipinski definition) is 1. The van der Waals surface area contributed by atoms with Gasteiger partial charge < -0.3 is 0 Å². The van der Waals surface area contributed by atoms with Crippen molar-refractivity contribution in [2.24, 2.45) is 0 Å². The van der Waals surface area contributed by atoms with E-state index in [1.165, 1.54) is 6.20 Å². The average molecular weight is 246 g/mol. The van der Waals surface area contributed by atoms with Crippen molar-refractivity contribution in [2.75, 3.05) is 0 Å². The van der Waals surface area contributed by atoms with Gasteiger partial charge in [0.05, 0.1) is 10.7 Å². The first-order valence-corrected chi connectivity index (χ1v) is 4.94. The lowest BCUT2D eigenvalue weighted by Crippen LogP contribution is -2.15. The van der Waals surface area contributed by atoms with Crippen molar-refractivity contribution in [3.8, 4) is 0 Å². The van der Waals surface area contributed by atoms with Crippen LogP contribution in [0.25, 0.3) is 0 Å². The molecule has 1 heterocycles. The predicted molar refractivity (Wildman–Crippen MR) is 55.3 cm³/mol. The van der Waals surface area contributed by atoms with E-state index in [1.54, 1.807) is 0 Å². The Balaban J connectivity index is 3.43. The van der Waals surface area contributed by atoms with E-state index in [9.17, 15) is 4.39 Å². The van der Waals surface area contributed by atoms with Gasteiger partial charge in [0.25, 0.3) is 0 Å². The lowest BCUT2D eigenvalue weighted by Gasteiger charge is -2.22. The lowest BCUT2D eigenvalue weighted by atomic mass is 9.86. The van der Waals surface area contributed by atoms with Crippen LogP contribution in [0.1, 0.15) is 32.0 Å². The second-order valence-electron chi connectivity index (χ2n) is 4.13. The molecular formula is C10H13BrFN. The van der Waals surface area contributed by atoms with Gasteiger partial charge in [-0.1, -0.05) is 20.8 Å². The van der Waals surface area contributed by atoms with Crippen molar-refractivity contribution in [1.82, 2.24) is 4.98 Å². The van der Waals surface area contributed by atoms with Crippen molar-refractivity contribution in [3.05, 3.63) is 27.7 Å². The Morgan fingerprint density at radius 1 is 1.38 bits per heavy atom. The molecule has 0 bridgehead atoms. The maximum Gasteiger partial charge on any atom is 0.155 e. The Labute approximate surface area is 86.5 Å². The number of halogens is 2. The molecular weight excluding hydrogens is 233 g/mol. The van der Waals surface area contributed by atoms with E-state index >= 15 is 0 Å². The van der Waals surface area contributed by atoms with E-state index < -0.39 is 0 Å². The molecule has 1 nitrogen and oxygen atoms in total. The lowest BCUT2D eigenvalue weighted by molar-refractivity contribution is 0.553. The normalized spacial score (nSPS) is 11.8. The highest BCUT2D eigenvalue weighted by atomic mass is 79.9. The third kappa shape index (κ3) is 2.08. The monoisotopic (exact) mass is 245 g/mol. The number of aromatic nitrogens is 1. The Bertz CT molecular complexity index is 328. The number of hydrogen-bond donors (Lipinski definition) is 0. The van der Waals surface area contributed by atoms with Gasteiger partial charge in [0.1, 0.15) is 0 Å². The minimum atomic E-state index is -0.296. The molecule has 0 amide bonds. The summed E-state index contributed by atoms with van der Waals surface area (Å²) in [5.74, 6) is -0.296. The third-order valence-corrected chi connectivity index (χ3v) is 2.69. The van der Waals surface area contributed by atoms with E-state index in [1.807, 2.05) is 27.7 Å². The zero-order valence-electron chi connectivity index (χ0n) is 8.28. The Morgan fingerprint density at radius 2 is 1.92 bits per heavy atom. The van der Waals surface area contributed by atoms with Crippen molar-refractivity contribution >= 4 is 15.9 Å². The first kappa shape index (κ1) is 10.6. The Morgan fingerprint density at radius 3 is 2.31 bits per heavy atom. The molecule has 0 aromatic carbocycles. The molecule has 0 aliphatic heterocycles. The largest absolute Gasteiger partial charge is 0.258 e. The van der Waals surface area contributed by atoms with Crippen LogP contribution in [0.3, 0.4) is 0 Å². The molecule has 1 aromatic heterocycles. The molecule has 1 aromatic rings. The molecule has 13 heavy (non-hydrogen) atoms. The molecule has 0 radical (unpaired) electrons. The molecule has 0 saturated heterocycles. The summed E-state index contributed by atoms with van der Waals surface area (Å²) < 4.78 is 13.7. The van der Waals surface area contributed by atoms with Gasteiger partial charge in [0.2, 0.25) is 0 Å². The SMILES string of the molecule is Cc1ncc(F)c(Br)c1C(C)(C)C. The zero-order valence-corrected chi connectivity index (χ0v) is 9.87. The van der Waals surface area contributed by atoms with Crippen LogP contribution < -0.4 is 0 Å². The standard InChI is InChI=1S/C10H13BrFN/c1-6-8(10(2,3)4)9(11)7(12)5-13-6/h5H,1-4H3. The van der Waals surface area contributed by atoms with E-state index in [-0.39, 0.29) is 11.2 Å². The van der Waals surface area contributed by atoms with Crippen molar-refractivity contribution < 1.29 is 4.39 Å². The van der Waals surface area contributed by atoms with Crippen LogP contribution in [0.4, 0.5) is 4.39 Å². The van der Waals surface area contributed by atoms with Crippen molar-refractivity contribution in [3.63, 3.8) is 0 Å². The topological polar surface area (TPSA) is 12.9 Å². The first-order chi connectivity index (χ1) is 5.84. The summed E-state index contributed by atoms with van der Waals surface area (Å²) in [5.41, 5.74) is 1.73. The van der Waals surface area contributed by atoms with Crippen molar-refractivity contribution in [1.29, 1.82) is 0 Å². The highest BCUT2D eigenvalue weighted by Gasteiger charge is 2.22. The molecule has 0 spiro atoms. The summed E-state index contributed by atoms with van der Waals surface area (Å²) in [5, 5.41) is 0. The van der Waals surface area contributed by atoms with Gasteiger partial charge in [-0.15, -0.1) is 0 Å². The minimum Gasteiger partial charge on any atom is -0.258 e. The van der Waals surface area contributed by atoms with Gasteiger partial charge >= 0.3 is 0 Å². The summed E-state index contributed by atoms with van der Waals surface area (Å²) in [4.78, 5) is 4.00. The van der Waals surface area contributed by atoms with Gasteiger partial charge in [-0.3, -0.25) is 4.98 Å². The van der Waals surface area contributed by atoms with E-state index in [0.29, 0.717) is 4.47 Å². The second-order valence-corrected chi connectivity index (χ2v) is 4.92. The number of nitrogens with zero attached hydrogens (tertiary/aromatic N) is 1. The quantitative estimate of drug-likeness (QED) is 0.681. The zero-order chi connectivity index (χ0) is 10.2. The summed E-state index contributed by atoms with van der Waals surface area (Å²) in [6, 6.07) is 0.